The van der Waals surface area contributed by atoms with Crippen molar-refractivity contribution in [2.24, 2.45) is 0 Å². The molecular formula is C9H16O4. The van der Waals surface area contributed by atoms with E-state index in [2.05, 4.69) is 4.74 Å². The number of aliphatic hydroxyl groups is 1. The van der Waals surface area contributed by atoms with Crippen LogP contribution < -0.4 is 0 Å². The second-order valence-corrected chi connectivity index (χ2v) is 3.23. The van der Waals surface area contributed by atoms with Crippen LogP contribution in [0.1, 0.15) is 25.7 Å². The summed E-state index contributed by atoms with van der Waals surface area (Å²) in [6.07, 6.45) is 1.93. The van der Waals surface area contributed by atoms with Crippen LogP contribution in [0.4, 0.5) is 0 Å². The lowest BCUT2D eigenvalue weighted by atomic mass is 10.0. The van der Waals surface area contributed by atoms with Crippen molar-refractivity contribution in [2.45, 2.75) is 37.9 Å². The highest BCUT2D eigenvalue weighted by Gasteiger charge is 2.24. The zero-order valence-electron chi connectivity index (χ0n) is 7.86. The Hall–Kier alpha value is -0.610. The van der Waals surface area contributed by atoms with Crippen LogP contribution in [0.2, 0.25) is 0 Å². The maximum Gasteiger partial charge on any atom is 0.305 e. The quantitative estimate of drug-likeness (QED) is 0.654. The monoisotopic (exact) mass is 188 g/mol. The third-order valence-corrected chi connectivity index (χ3v) is 2.27. The van der Waals surface area contributed by atoms with Crippen LogP contribution in [0, 0.1) is 0 Å². The van der Waals surface area contributed by atoms with Gasteiger partial charge in [-0.1, -0.05) is 0 Å². The van der Waals surface area contributed by atoms with Crippen LogP contribution in [0.15, 0.2) is 0 Å². The summed E-state index contributed by atoms with van der Waals surface area (Å²) in [6.45, 7) is 0.683. The molecule has 0 spiro atoms. The topological polar surface area (TPSA) is 55.8 Å². The molecule has 0 aliphatic carbocycles. The fourth-order valence-corrected chi connectivity index (χ4v) is 1.46. The molecule has 1 saturated heterocycles. The molecule has 76 valence electrons. The molecule has 0 aromatic heterocycles. The number of carbonyl (C=O) groups excluding carboxylic acids is 1. The van der Waals surface area contributed by atoms with Gasteiger partial charge in [-0.2, -0.15) is 0 Å². The zero-order chi connectivity index (χ0) is 9.68. The normalized spacial score (nSPS) is 28.5. The molecule has 1 fully saturated rings. The summed E-state index contributed by atoms with van der Waals surface area (Å²) < 4.78 is 9.83. The van der Waals surface area contributed by atoms with E-state index in [0.29, 0.717) is 19.4 Å². The molecule has 1 N–H and O–H groups in total. The van der Waals surface area contributed by atoms with E-state index in [0.717, 1.165) is 12.8 Å². The van der Waals surface area contributed by atoms with Gasteiger partial charge in [-0.15, -0.1) is 0 Å². The summed E-state index contributed by atoms with van der Waals surface area (Å²) in [5.74, 6) is -0.249. The molecule has 0 radical (unpaired) electrons. The van der Waals surface area contributed by atoms with Gasteiger partial charge < -0.3 is 14.6 Å². The number of aliphatic hydroxyl groups excluding tert-OH is 1. The second-order valence-electron chi connectivity index (χ2n) is 3.23. The summed E-state index contributed by atoms with van der Waals surface area (Å²) in [4.78, 5) is 10.8. The van der Waals surface area contributed by atoms with E-state index >= 15 is 0 Å². The highest BCUT2D eigenvalue weighted by Crippen LogP contribution is 2.17. The van der Waals surface area contributed by atoms with Crippen molar-refractivity contribution in [3.8, 4) is 0 Å². The van der Waals surface area contributed by atoms with E-state index in [1.807, 2.05) is 0 Å². The van der Waals surface area contributed by atoms with Gasteiger partial charge in [0.15, 0.2) is 0 Å². The first-order valence-corrected chi connectivity index (χ1v) is 4.60. The van der Waals surface area contributed by atoms with E-state index in [9.17, 15) is 9.90 Å². The van der Waals surface area contributed by atoms with Gasteiger partial charge in [0, 0.05) is 13.0 Å². The van der Waals surface area contributed by atoms with Crippen LogP contribution in [0.25, 0.3) is 0 Å². The Morgan fingerprint density at radius 3 is 3.08 bits per heavy atom. The first kappa shape index (κ1) is 10.5. The number of rotatable bonds is 3. The largest absolute Gasteiger partial charge is 0.469 e. The molecule has 0 aromatic carbocycles. The van der Waals surface area contributed by atoms with Crippen molar-refractivity contribution in [3.05, 3.63) is 0 Å². The van der Waals surface area contributed by atoms with E-state index in [-0.39, 0.29) is 12.1 Å². The molecule has 2 unspecified atom stereocenters. The minimum absolute atomic E-state index is 0.187. The lowest BCUT2D eigenvalue weighted by molar-refractivity contribution is -0.142. The molecule has 0 aromatic rings. The van der Waals surface area contributed by atoms with Crippen LogP contribution in [-0.2, 0) is 14.3 Å². The maximum absolute atomic E-state index is 10.8. The SMILES string of the molecule is COC(=O)CCC1OCCCC1O. The van der Waals surface area contributed by atoms with Crippen molar-refractivity contribution in [2.75, 3.05) is 13.7 Å². The van der Waals surface area contributed by atoms with Crippen LogP contribution in [0.5, 0.6) is 0 Å². The summed E-state index contributed by atoms with van der Waals surface area (Å²) >= 11 is 0. The first-order chi connectivity index (χ1) is 6.24. The van der Waals surface area contributed by atoms with Gasteiger partial charge in [0.05, 0.1) is 19.3 Å². The van der Waals surface area contributed by atoms with E-state index in [1.165, 1.54) is 7.11 Å². The standard InChI is InChI=1S/C9H16O4/c1-12-9(11)5-4-8-7(10)3-2-6-13-8/h7-8,10H,2-6H2,1H3. The first-order valence-electron chi connectivity index (χ1n) is 4.60. The highest BCUT2D eigenvalue weighted by molar-refractivity contribution is 5.69. The number of esters is 1. The molecule has 13 heavy (non-hydrogen) atoms. The molecule has 1 rings (SSSR count). The Balaban J connectivity index is 2.22. The van der Waals surface area contributed by atoms with Gasteiger partial charge in [-0.05, 0) is 19.3 Å². The van der Waals surface area contributed by atoms with Crippen molar-refractivity contribution in [1.29, 1.82) is 0 Å². The molecule has 2 atom stereocenters. The van der Waals surface area contributed by atoms with Crippen molar-refractivity contribution < 1.29 is 19.4 Å². The Morgan fingerprint density at radius 2 is 2.46 bits per heavy atom. The summed E-state index contributed by atoms with van der Waals surface area (Å²) in [5, 5.41) is 9.48. The summed E-state index contributed by atoms with van der Waals surface area (Å²) in [7, 11) is 1.36. The van der Waals surface area contributed by atoms with E-state index in [1.54, 1.807) is 0 Å². The Kier molecular flexibility index (Phi) is 4.18. The lowest BCUT2D eigenvalue weighted by Crippen LogP contribution is -2.34. The maximum atomic E-state index is 10.8. The smallest absolute Gasteiger partial charge is 0.305 e. The van der Waals surface area contributed by atoms with Gasteiger partial charge in [0.2, 0.25) is 0 Å². The molecule has 1 aliphatic heterocycles. The minimum atomic E-state index is -0.418. The third-order valence-electron chi connectivity index (χ3n) is 2.27. The van der Waals surface area contributed by atoms with Crippen LogP contribution in [-0.4, -0.2) is 37.0 Å². The predicted molar refractivity (Wildman–Crippen MR) is 46.2 cm³/mol. The van der Waals surface area contributed by atoms with Crippen molar-refractivity contribution in [3.63, 3.8) is 0 Å². The molecule has 1 aliphatic rings. The number of methoxy groups -OCH3 is 1. The molecular weight excluding hydrogens is 172 g/mol. The van der Waals surface area contributed by atoms with Crippen molar-refractivity contribution in [1.82, 2.24) is 0 Å². The Morgan fingerprint density at radius 1 is 1.69 bits per heavy atom. The van der Waals surface area contributed by atoms with Gasteiger partial charge in [0.1, 0.15) is 0 Å². The Bertz CT molecular complexity index is 169. The fraction of sp³-hybridized carbons (Fsp3) is 0.889. The van der Waals surface area contributed by atoms with Gasteiger partial charge in [-0.25, -0.2) is 0 Å². The molecule has 0 saturated carbocycles. The molecule has 4 nitrogen and oxygen atoms in total. The zero-order valence-corrected chi connectivity index (χ0v) is 7.86. The number of hydrogen-bond donors (Lipinski definition) is 1. The predicted octanol–water partition coefficient (Wildman–Crippen LogP) is 0.479. The van der Waals surface area contributed by atoms with Crippen LogP contribution in [0.3, 0.4) is 0 Å². The fourth-order valence-electron chi connectivity index (χ4n) is 1.46. The van der Waals surface area contributed by atoms with E-state index in [4.69, 9.17) is 4.74 Å². The minimum Gasteiger partial charge on any atom is -0.469 e. The third kappa shape index (κ3) is 3.32. The molecule has 0 bridgehead atoms. The van der Waals surface area contributed by atoms with Crippen molar-refractivity contribution >= 4 is 5.97 Å². The number of carbonyl (C=O) groups is 1. The molecule has 4 heteroatoms. The molecule has 0 amide bonds. The number of hydrogen-bond acceptors (Lipinski definition) is 4. The lowest BCUT2D eigenvalue weighted by Gasteiger charge is -2.27. The average molecular weight is 188 g/mol. The summed E-state index contributed by atoms with van der Waals surface area (Å²) in [6, 6.07) is 0. The average Bonchev–Trinajstić information content (AvgIpc) is 2.16. The Labute approximate surface area is 77.8 Å². The summed E-state index contributed by atoms with van der Waals surface area (Å²) in [5.41, 5.74) is 0. The second kappa shape index (κ2) is 5.19. The highest BCUT2D eigenvalue weighted by atomic mass is 16.5. The molecule has 1 heterocycles. The number of ether oxygens (including phenoxy) is 2. The van der Waals surface area contributed by atoms with Gasteiger partial charge in [0.25, 0.3) is 0 Å². The van der Waals surface area contributed by atoms with Gasteiger partial charge in [-0.3, -0.25) is 4.79 Å². The van der Waals surface area contributed by atoms with E-state index < -0.39 is 6.10 Å². The van der Waals surface area contributed by atoms with Gasteiger partial charge >= 0.3 is 5.97 Å². The van der Waals surface area contributed by atoms with Crippen LogP contribution >= 0.6 is 0 Å².